The van der Waals surface area contributed by atoms with Crippen molar-refractivity contribution in [2.24, 2.45) is 10.2 Å². The molecule has 0 atom stereocenters. The zero-order chi connectivity index (χ0) is 23.2. The second kappa shape index (κ2) is 7.63. The minimum atomic E-state index is -4.94. The highest BCUT2D eigenvalue weighted by atomic mass is 32.2. The smallest absolute Gasteiger partial charge is 0.296 e. The number of nitrogens with two attached hydrogens (primary N) is 1. The number of fused-ring (bicyclic) bond motifs is 1. The fraction of sp³-hybridized carbons (Fsp3) is 0. The Balaban J connectivity index is 2.17. The Morgan fingerprint density at radius 2 is 1.13 bits per heavy atom. The van der Waals surface area contributed by atoms with Crippen molar-refractivity contribution in [1.82, 2.24) is 0 Å². The van der Waals surface area contributed by atoms with Crippen molar-refractivity contribution in [3.05, 3.63) is 48.5 Å². The number of hydrogen-bond donors (Lipinski definition) is 4. The maximum absolute atomic E-state index is 11.6. The molecule has 5 N–H and O–H groups in total. The fourth-order valence-corrected chi connectivity index (χ4v) is 4.37. The lowest BCUT2D eigenvalue weighted by molar-refractivity contribution is 0.479. The van der Waals surface area contributed by atoms with E-state index in [-0.39, 0.29) is 16.8 Å². The Kier molecular flexibility index (Phi) is 5.59. The maximum Gasteiger partial charge on any atom is 0.296 e. The van der Waals surface area contributed by atoms with E-state index in [4.69, 9.17) is 10.3 Å². The number of benzene rings is 3. The summed E-state index contributed by atoms with van der Waals surface area (Å²) in [5, 5.41) is 8.11. The Morgan fingerprint density at radius 1 is 0.613 bits per heavy atom. The molecule has 0 aliphatic heterocycles. The third-order valence-corrected chi connectivity index (χ3v) is 6.65. The van der Waals surface area contributed by atoms with E-state index in [1.54, 1.807) is 0 Å². The quantitative estimate of drug-likeness (QED) is 0.234. The summed E-state index contributed by atoms with van der Waals surface area (Å²) in [4.78, 5) is -2.11. The van der Waals surface area contributed by atoms with E-state index in [1.807, 2.05) is 0 Å². The predicted octanol–water partition coefficient (Wildman–Crippen LogP) is 2.58. The number of azo groups is 1. The first kappa shape index (κ1) is 22.7. The standard InChI is InChI=1S/C16H13N3O9S3/c17-13-4-6-14(11-3-1-9(7-12(11)13)29(20,21)22)18-19-15-5-2-10(30(23,24)25)8-16(15)31(26,27)28/h1-8H,17H2,(H,20,21,22)(H,23,24,25)(H,26,27,28)/b19-18+. The fourth-order valence-electron chi connectivity index (χ4n) is 2.63. The second-order valence-electron chi connectivity index (χ2n) is 6.14. The Labute approximate surface area is 176 Å². The number of nitrogen functional groups attached to an aromatic ring is 1. The van der Waals surface area contributed by atoms with Crippen LogP contribution in [0.3, 0.4) is 0 Å². The molecule has 0 spiro atoms. The van der Waals surface area contributed by atoms with Gasteiger partial charge in [0, 0.05) is 16.5 Å². The molecule has 31 heavy (non-hydrogen) atoms. The molecule has 0 fully saturated rings. The van der Waals surface area contributed by atoms with Gasteiger partial charge in [-0.15, -0.1) is 10.2 Å². The molecular weight excluding hydrogens is 474 g/mol. The van der Waals surface area contributed by atoms with Gasteiger partial charge in [0.2, 0.25) is 0 Å². The molecule has 0 aliphatic rings. The maximum atomic E-state index is 11.6. The predicted molar refractivity (Wildman–Crippen MR) is 108 cm³/mol. The first-order chi connectivity index (χ1) is 14.2. The summed E-state index contributed by atoms with van der Waals surface area (Å²) < 4.78 is 96.0. The van der Waals surface area contributed by atoms with Crippen LogP contribution in [-0.4, -0.2) is 38.9 Å². The van der Waals surface area contributed by atoms with Gasteiger partial charge in [0.15, 0.2) is 0 Å². The molecule has 0 unspecified atom stereocenters. The summed E-state index contributed by atoms with van der Waals surface area (Å²) in [6.07, 6.45) is 0. The van der Waals surface area contributed by atoms with Crippen LogP contribution in [0.2, 0.25) is 0 Å². The number of rotatable bonds is 5. The number of hydrogen-bond acceptors (Lipinski definition) is 9. The summed E-state index contributed by atoms with van der Waals surface area (Å²) >= 11 is 0. The van der Waals surface area contributed by atoms with Crippen LogP contribution < -0.4 is 5.73 Å². The van der Waals surface area contributed by atoms with Crippen LogP contribution in [0.15, 0.2) is 73.4 Å². The van der Waals surface area contributed by atoms with Crippen LogP contribution in [-0.2, 0) is 30.4 Å². The lowest BCUT2D eigenvalue weighted by Crippen LogP contribution is -2.03. The second-order valence-corrected chi connectivity index (χ2v) is 10.4. The molecular formula is C16H13N3O9S3. The minimum absolute atomic E-state index is 0.117. The van der Waals surface area contributed by atoms with Crippen LogP contribution in [0.4, 0.5) is 17.1 Å². The summed E-state index contributed by atoms with van der Waals surface area (Å²) in [5.41, 5.74) is 5.69. The van der Waals surface area contributed by atoms with Gasteiger partial charge < -0.3 is 5.73 Å². The molecule has 12 nitrogen and oxygen atoms in total. The molecule has 0 radical (unpaired) electrons. The molecule has 0 aliphatic carbocycles. The van der Waals surface area contributed by atoms with Gasteiger partial charge in [-0.25, -0.2) is 0 Å². The van der Waals surface area contributed by atoms with Gasteiger partial charge >= 0.3 is 0 Å². The highest BCUT2D eigenvalue weighted by Gasteiger charge is 2.21. The SMILES string of the molecule is Nc1ccc(/N=N/c2ccc(S(=O)(=O)O)cc2S(=O)(=O)O)c2ccc(S(=O)(=O)O)cc12. The lowest BCUT2D eigenvalue weighted by Gasteiger charge is -2.07. The van der Waals surface area contributed by atoms with Crippen LogP contribution in [0.5, 0.6) is 0 Å². The molecule has 0 amide bonds. The molecule has 3 aromatic carbocycles. The minimum Gasteiger partial charge on any atom is -0.398 e. The van der Waals surface area contributed by atoms with Crippen LogP contribution in [0.25, 0.3) is 10.8 Å². The molecule has 3 aromatic rings. The molecule has 15 heteroatoms. The summed E-state index contributed by atoms with van der Waals surface area (Å²) in [5.74, 6) is 0. The first-order valence-corrected chi connectivity index (χ1v) is 12.3. The number of nitrogens with zero attached hydrogens (tertiary/aromatic N) is 2. The summed E-state index contributed by atoms with van der Waals surface area (Å²) in [6.45, 7) is 0. The highest BCUT2D eigenvalue weighted by Crippen LogP contribution is 2.34. The monoisotopic (exact) mass is 487 g/mol. The van der Waals surface area contributed by atoms with Gasteiger partial charge in [0.05, 0.1) is 15.5 Å². The Hall–Kier alpha value is -2.95. The normalized spacial score (nSPS) is 13.1. The molecule has 0 heterocycles. The Bertz CT molecular complexity index is 1560. The van der Waals surface area contributed by atoms with E-state index in [0.717, 1.165) is 24.3 Å². The average molecular weight is 487 g/mol. The van der Waals surface area contributed by atoms with Crippen LogP contribution >= 0.6 is 0 Å². The van der Waals surface area contributed by atoms with Crippen molar-refractivity contribution < 1.29 is 38.9 Å². The van der Waals surface area contributed by atoms with Crippen LogP contribution in [0.1, 0.15) is 0 Å². The van der Waals surface area contributed by atoms with Gasteiger partial charge in [-0.05, 0) is 42.5 Å². The van der Waals surface area contributed by atoms with E-state index in [1.165, 1.54) is 18.2 Å². The third-order valence-electron chi connectivity index (χ3n) is 4.07. The van der Waals surface area contributed by atoms with E-state index < -0.39 is 50.7 Å². The van der Waals surface area contributed by atoms with Crippen molar-refractivity contribution in [2.45, 2.75) is 14.7 Å². The van der Waals surface area contributed by atoms with Crippen molar-refractivity contribution in [2.75, 3.05) is 5.73 Å². The third kappa shape index (κ3) is 4.87. The van der Waals surface area contributed by atoms with E-state index >= 15 is 0 Å². The molecule has 0 aromatic heterocycles. The van der Waals surface area contributed by atoms with Gasteiger partial charge in [-0.3, -0.25) is 13.7 Å². The van der Waals surface area contributed by atoms with Crippen molar-refractivity contribution in [1.29, 1.82) is 0 Å². The highest BCUT2D eigenvalue weighted by molar-refractivity contribution is 7.86. The van der Waals surface area contributed by atoms with Gasteiger partial charge in [0.1, 0.15) is 10.6 Å². The molecule has 0 bridgehead atoms. The molecule has 0 saturated heterocycles. The number of anilines is 1. The van der Waals surface area contributed by atoms with E-state index in [0.29, 0.717) is 11.5 Å². The van der Waals surface area contributed by atoms with Crippen molar-refractivity contribution in [3.63, 3.8) is 0 Å². The zero-order valence-corrected chi connectivity index (χ0v) is 17.6. The van der Waals surface area contributed by atoms with E-state index in [9.17, 15) is 34.4 Å². The van der Waals surface area contributed by atoms with Crippen molar-refractivity contribution >= 4 is 58.2 Å². The topological polar surface area (TPSA) is 214 Å². The molecule has 3 rings (SSSR count). The molecule has 164 valence electrons. The van der Waals surface area contributed by atoms with E-state index in [2.05, 4.69) is 10.2 Å². The zero-order valence-electron chi connectivity index (χ0n) is 15.1. The average Bonchev–Trinajstić information content (AvgIpc) is 2.65. The van der Waals surface area contributed by atoms with Crippen molar-refractivity contribution in [3.8, 4) is 0 Å². The van der Waals surface area contributed by atoms with Gasteiger partial charge in [0.25, 0.3) is 30.4 Å². The Morgan fingerprint density at radius 3 is 1.71 bits per heavy atom. The van der Waals surface area contributed by atoms with Crippen LogP contribution in [0, 0.1) is 0 Å². The lowest BCUT2D eigenvalue weighted by atomic mass is 10.1. The molecule has 0 saturated carbocycles. The van der Waals surface area contributed by atoms with Gasteiger partial charge in [-0.1, -0.05) is 6.07 Å². The first-order valence-electron chi connectivity index (χ1n) is 7.98. The van der Waals surface area contributed by atoms with Gasteiger partial charge in [-0.2, -0.15) is 25.3 Å². The summed E-state index contributed by atoms with van der Waals surface area (Å²) in [6, 6.07) is 8.56. The largest absolute Gasteiger partial charge is 0.398 e. The summed E-state index contributed by atoms with van der Waals surface area (Å²) in [7, 11) is -14.2.